The van der Waals surface area contributed by atoms with E-state index in [0.29, 0.717) is 11.3 Å². The summed E-state index contributed by atoms with van der Waals surface area (Å²) in [6.45, 7) is 3.71. The van der Waals surface area contributed by atoms with E-state index in [-0.39, 0.29) is 5.56 Å². The third-order valence-corrected chi connectivity index (χ3v) is 2.72. The topological polar surface area (TPSA) is 50.2 Å². The molecule has 0 fully saturated rings. The lowest BCUT2D eigenvalue weighted by Crippen LogP contribution is -2.04. The van der Waals surface area contributed by atoms with Crippen molar-refractivity contribution in [2.45, 2.75) is 13.8 Å². The van der Waals surface area contributed by atoms with E-state index in [4.69, 9.17) is 0 Å². The van der Waals surface area contributed by atoms with Gasteiger partial charge in [0.25, 0.3) is 0 Å². The lowest BCUT2D eigenvalue weighted by molar-refractivity contribution is 0.0696. The summed E-state index contributed by atoms with van der Waals surface area (Å²) < 4.78 is 0. The summed E-state index contributed by atoms with van der Waals surface area (Å²) in [5, 5.41) is 9.22. The van der Waals surface area contributed by atoms with Crippen LogP contribution in [0.3, 0.4) is 0 Å². The second-order valence-corrected chi connectivity index (χ2v) is 3.99. The number of carboxylic acid groups (broad SMARTS) is 1. The maximum atomic E-state index is 11.2. The zero-order valence-corrected chi connectivity index (χ0v) is 9.77. The van der Waals surface area contributed by atoms with Crippen molar-refractivity contribution in [2.75, 3.05) is 0 Å². The molecule has 1 N–H and O–H groups in total. The molecule has 0 aliphatic heterocycles. The first-order chi connectivity index (χ1) is 8.09. The summed E-state index contributed by atoms with van der Waals surface area (Å²) in [6.07, 6.45) is 1.64. The Bertz CT molecular complexity index is 559. The van der Waals surface area contributed by atoms with E-state index in [1.54, 1.807) is 19.2 Å². The molecule has 0 bridgehead atoms. The summed E-state index contributed by atoms with van der Waals surface area (Å²) in [5.41, 5.74) is 3.58. The third kappa shape index (κ3) is 2.18. The zero-order valence-electron chi connectivity index (χ0n) is 9.77. The Hall–Kier alpha value is -2.16. The van der Waals surface area contributed by atoms with E-state index in [0.717, 1.165) is 11.1 Å². The Balaban J connectivity index is 2.63. The van der Waals surface area contributed by atoms with Crippen molar-refractivity contribution in [3.05, 3.63) is 53.3 Å². The van der Waals surface area contributed by atoms with Crippen LogP contribution in [0.1, 0.15) is 21.6 Å². The van der Waals surface area contributed by atoms with Crippen LogP contribution in [0.5, 0.6) is 0 Å². The van der Waals surface area contributed by atoms with Gasteiger partial charge in [-0.25, -0.2) is 4.79 Å². The smallest absolute Gasteiger partial charge is 0.338 e. The summed E-state index contributed by atoms with van der Waals surface area (Å²) in [4.78, 5) is 15.3. The molecule has 1 heterocycles. The van der Waals surface area contributed by atoms with Crippen LogP contribution in [0.15, 0.2) is 36.5 Å². The number of aryl methyl sites for hydroxylation is 2. The van der Waals surface area contributed by atoms with Gasteiger partial charge >= 0.3 is 5.97 Å². The Morgan fingerprint density at radius 2 is 1.76 bits per heavy atom. The lowest BCUT2D eigenvalue weighted by atomic mass is 9.99. The van der Waals surface area contributed by atoms with Crippen molar-refractivity contribution < 1.29 is 9.90 Å². The molecule has 3 heteroatoms. The molecule has 0 aliphatic carbocycles. The molecule has 1 aromatic carbocycles. The van der Waals surface area contributed by atoms with E-state index in [2.05, 4.69) is 4.98 Å². The fraction of sp³-hybridized carbons (Fsp3) is 0.143. The van der Waals surface area contributed by atoms with E-state index < -0.39 is 5.97 Å². The largest absolute Gasteiger partial charge is 0.478 e. The van der Waals surface area contributed by atoms with Crippen molar-refractivity contribution in [3.8, 4) is 11.1 Å². The minimum atomic E-state index is -0.939. The fourth-order valence-corrected chi connectivity index (χ4v) is 1.81. The monoisotopic (exact) mass is 227 g/mol. The van der Waals surface area contributed by atoms with Crippen molar-refractivity contribution in [1.29, 1.82) is 0 Å². The number of carbonyl (C=O) groups is 1. The lowest BCUT2D eigenvalue weighted by Gasteiger charge is -2.08. The molecule has 0 amide bonds. The van der Waals surface area contributed by atoms with Crippen LogP contribution in [0, 0.1) is 13.8 Å². The summed E-state index contributed by atoms with van der Waals surface area (Å²) in [5.74, 6) is -0.939. The summed E-state index contributed by atoms with van der Waals surface area (Å²) >= 11 is 0. The highest BCUT2D eigenvalue weighted by Gasteiger charge is 2.14. The predicted molar refractivity (Wildman–Crippen MR) is 66.1 cm³/mol. The number of rotatable bonds is 2. The molecule has 0 radical (unpaired) electrons. The summed E-state index contributed by atoms with van der Waals surface area (Å²) in [6, 6.07) is 9.53. The Labute approximate surface area is 99.8 Å². The van der Waals surface area contributed by atoms with E-state index >= 15 is 0 Å². The molecular formula is C14H13NO2. The van der Waals surface area contributed by atoms with Gasteiger partial charge in [-0.1, -0.05) is 29.8 Å². The van der Waals surface area contributed by atoms with Gasteiger partial charge in [0.05, 0.1) is 11.3 Å². The standard InChI is InChI=1S/C14H13NO2/c1-9-3-5-11(6-4-9)12-7-8-15-10(2)13(12)14(16)17/h3-8H,1-2H3,(H,16,17). The van der Waals surface area contributed by atoms with Crippen LogP contribution < -0.4 is 0 Å². The normalized spacial score (nSPS) is 10.2. The van der Waals surface area contributed by atoms with Crippen molar-refractivity contribution >= 4 is 5.97 Å². The van der Waals surface area contributed by atoms with Gasteiger partial charge in [0.1, 0.15) is 0 Å². The maximum absolute atomic E-state index is 11.2. The van der Waals surface area contributed by atoms with Crippen molar-refractivity contribution in [2.24, 2.45) is 0 Å². The van der Waals surface area contributed by atoms with Gasteiger partial charge < -0.3 is 5.11 Å². The number of nitrogens with zero attached hydrogens (tertiary/aromatic N) is 1. The molecule has 0 unspecified atom stereocenters. The Morgan fingerprint density at radius 3 is 2.35 bits per heavy atom. The SMILES string of the molecule is Cc1ccc(-c2ccnc(C)c2C(=O)O)cc1. The van der Waals surface area contributed by atoms with Gasteiger partial charge in [-0.15, -0.1) is 0 Å². The van der Waals surface area contributed by atoms with E-state index in [1.807, 2.05) is 31.2 Å². The molecule has 0 atom stereocenters. The highest BCUT2D eigenvalue weighted by molar-refractivity contribution is 5.97. The molecule has 2 rings (SSSR count). The van der Waals surface area contributed by atoms with Gasteiger partial charge in [-0.05, 0) is 31.0 Å². The Morgan fingerprint density at radius 1 is 1.12 bits per heavy atom. The Kier molecular flexibility index (Phi) is 2.91. The number of aromatic carboxylic acids is 1. The highest BCUT2D eigenvalue weighted by Crippen LogP contribution is 2.25. The number of hydrogen-bond acceptors (Lipinski definition) is 2. The first-order valence-corrected chi connectivity index (χ1v) is 5.35. The van der Waals surface area contributed by atoms with Gasteiger partial charge in [0.15, 0.2) is 0 Å². The summed E-state index contributed by atoms with van der Waals surface area (Å²) in [7, 11) is 0. The molecule has 1 aromatic heterocycles. The minimum absolute atomic E-state index is 0.274. The number of hydrogen-bond donors (Lipinski definition) is 1. The molecule has 17 heavy (non-hydrogen) atoms. The van der Waals surface area contributed by atoms with Crippen LogP contribution in [-0.4, -0.2) is 16.1 Å². The molecule has 3 nitrogen and oxygen atoms in total. The van der Waals surface area contributed by atoms with Gasteiger partial charge in [0, 0.05) is 6.20 Å². The van der Waals surface area contributed by atoms with Crippen molar-refractivity contribution in [1.82, 2.24) is 4.98 Å². The first kappa shape index (κ1) is 11.3. The van der Waals surface area contributed by atoms with E-state index in [1.165, 1.54) is 0 Å². The maximum Gasteiger partial charge on any atom is 0.338 e. The zero-order chi connectivity index (χ0) is 12.4. The average Bonchev–Trinajstić information content (AvgIpc) is 2.29. The molecule has 0 aliphatic rings. The molecule has 0 saturated heterocycles. The number of benzene rings is 1. The third-order valence-electron chi connectivity index (χ3n) is 2.72. The second-order valence-electron chi connectivity index (χ2n) is 3.99. The minimum Gasteiger partial charge on any atom is -0.478 e. The molecule has 86 valence electrons. The predicted octanol–water partition coefficient (Wildman–Crippen LogP) is 3.06. The van der Waals surface area contributed by atoms with Gasteiger partial charge in [0.2, 0.25) is 0 Å². The average molecular weight is 227 g/mol. The number of aromatic nitrogens is 1. The molecule has 0 saturated carbocycles. The fourth-order valence-electron chi connectivity index (χ4n) is 1.81. The van der Waals surface area contributed by atoms with Crippen LogP contribution in [-0.2, 0) is 0 Å². The first-order valence-electron chi connectivity index (χ1n) is 5.35. The van der Waals surface area contributed by atoms with Crippen LogP contribution in [0.25, 0.3) is 11.1 Å². The quantitative estimate of drug-likeness (QED) is 0.857. The number of carboxylic acids is 1. The number of pyridine rings is 1. The molecule has 2 aromatic rings. The highest BCUT2D eigenvalue weighted by atomic mass is 16.4. The van der Waals surface area contributed by atoms with Crippen LogP contribution in [0.4, 0.5) is 0 Å². The van der Waals surface area contributed by atoms with Crippen LogP contribution in [0.2, 0.25) is 0 Å². The van der Waals surface area contributed by atoms with Crippen molar-refractivity contribution in [3.63, 3.8) is 0 Å². The molecular weight excluding hydrogens is 214 g/mol. The molecule has 0 spiro atoms. The van der Waals surface area contributed by atoms with Crippen LogP contribution >= 0.6 is 0 Å². The van der Waals surface area contributed by atoms with E-state index in [9.17, 15) is 9.90 Å². The van der Waals surface area contributed by atoms with Gasteiger partial charge in [-0.2, -0.15) is 0 Å². The second kappa shape index (κ2) is 4.37. The van der Waals surface area contributed by atoms with Gasteiger partial charge in [-0.3, -0.25) is 4.98 Å².